The lowest BCUT2D eigenvalue weighted by atomic mass is 9.96. The zero-order chi connectivity index (χ0) is 30.6. The Morgan fingerprint density at radius 3 is 2.26 bits per heavy atom. The summed E-state index contributed by atoms with van der Waals surface area (Å²) in [4.78, 5) is 25.0. The van der Waals surface area contributed by atoms with Crippen LogP contribution in [0, 0.1) is 13.8 Å². The minimum absolute atomic E-state index is 0.0581. The van der Waals surface area contributed by atoms with E-state index in [9.17, 15) is 14.7 Å². The van der Waals surface area contributed by atoms with Gasteiger partial charge < -0.3 is 15.0 Å². The van der Waals surface area contributed by atoms with Gasteiger partial charge in [-0.15, -0.1) is 0 Å². The second-order valence-corrected chi connectivity index (χ2v) is 11.1. The molecule has 0 saturated carbocycles. The van der Waals surface area contributed by atoms with Crippen LogP contribution in [-0.4, -0.2) is 21.6 Å². The highest BCUT2D eigenvalue weighted by Gasteiger charge is 2.18. The Morgan fingerprint density at radius 2 is 1.64 bits per heavy atom. The molecule has 1 atom stereocenters. The quantitative estimate of drug-likeness (QED) is 0.143. The minimum atomic E-state index is -1.03. The van der Waals surface area contributed by atoms with Crippen molar-refractivity contribution in [2.75, 3.05) is 0 Å². The van der Waals surface area contributed by atoms with Crippen molar-refractivity contribution in [1.82, 2.24) is 9.88 Å². The first-order chi connectivity index (χ1) is 20.0. The number of benzene rings is 3. The van der Waals surface area contributed by atoms with Gasteiger partial charge in [0, 0.05) is 28.7 Å². The number of amides is 1. The standard InChI is InChI=1S/C37H40N2O3/c1-8-11-32(37(41)42)25(6)28-16-14-27(15-17-28)22-39-26(7)24(5)33-21-31(18-19-35(33)39)36(40)38-34(9-2)30-13-10-12-29(20-30)23(3)4/h8,10-21,23,34H,1,6,9,22H2,2-5,7H3,(H,38,40)(H,41,42). The fourth-order valence-electron chi connectivity index (χ4n) is 5.36. The number of aliphatic carboxylic acids is 1. The van der Waals surface area contributed by atoms with E-state index in [0.717, 1.165) is 45.3 Å². The molecular formula is C37H40N2O3. The van der Waals surface area contributed by atoms with Crippen molar-refractivity contribution >= 4 is 28.4 Å². The lowest BCUT2D eigenvalue weighted by Gasteiger charge is -2.19. The van der Waals surface area contributed by atoms with Gasteiger partial charge >= 0.3 is 5.97 Å². The highest BCUT2D eigenvalue weighted by molar-refractivity contribution is 6.05. The third kappa shape index (κ3) is 6.31. The number of nitrogens with one attached hydrogen (secondary N) is 1. The summed E-state index contributed by atoms with van der Waals surface area (Å²) in [5, 5.41) is 13.8. The van der Waals surface area contributed by atoms with Gasteiger partial charge in [0.05, 0.1) is 11.6 Å². The van der Waals surface area contributed by atoms with E-state index < -0.39 is 5.97 Å². The zero-order valence-corrected chi connectivity index (χ0v) is 25.2. The van der Waals surface area contributed by atoms with Gasteiger partial charge in [-0.05, 0) is 83.9 Å². The number of nitrogens with zero attached hydrogens (tertiary/aromatic N) is 1. The number of hydrogen-bond acceptors (Lipinski definition) is 2. The van der Waals surface area contributed by atoms with Gasteiger partial charge in [-0.2, -0.15) is 0 Å². The first-order valence-corrected chi connectivity index (χ1v) is 14.4. The number of carbonyl (C=O) groups is 2. The topological polar surface area (TPSA) is 71.3 Å². The molecule has 3 aromatic carbocycles. The number of aryl methyl sites for hydroxylation is 1. The Hall–Kier alpha value is -4.64. The molecule has 0 radical (unpaired) electrons. The maximum absolute atomic E-state index is 13.4. The van der Waals surface area contributed by atoms with Gasteiger partial charge in [-0.25, -0.2) is 4.79 Å². The molecule has 0 bridgehead atoms. The molecule has 216 valence electrons. The number of fused-ring (bicyclic) bond motifs is 1. The summed E-state index contributed by atoms with van der Waals surface area (Å²) in [5.74, 6) is -0.685. The Balaban J connectivity index is 1.57. The SMILES string of the molecule is C=CC=C(C(=C)c1ccc(Cn2c(C)c(C)c3cc(C(=O)NC(CC)c4cccc(C(C)C)c4)ccc32)cc1)C(=O)O. The van der Waals surface area contributed by atoms with E-state index in [4.69, 9.17) is 0 Å². The molecule has 0 saturated heterocycles. The Labute approximate surface area is 248 Å². The number of hydrogen-bond donors (Lipinski definition) is 2. The molecular weight excluding hydrogens is 520 g/mol. The fourth-order valence-corrected chi connectivity index (χ4v) is 5.36. The summed E-state index contributed by atoms with van der Waals surface area (Å²) in [7, 11) is 0. The Kier molecular flexibility index (Phi) is 9.31. The first-order valence-electron chi connectivity index (χ1n) is 14.4. The van der Waals surface area contributed by atoms with Crippen molar-refractivity contribution in [3.05, 3.63) is 137 Å². The predicted molar refractivity (Wildman–Crippen MR) is 173 cm³/mol. The monoisotopic (exact) mass is 560 g/mol. The van der Waals surface area contributed by atoms with E-state index >= 15 is 0 Å². The number of rotatable bonds is 11. The van der Waals surface area contributed by atoms with Crippen molar-refractivity contribution in [2.24, 2.45) is 0 Å². The highest BCUT2D eigenvalue weighted by Crippen LogP contribution is 2.29. The zero-order valence-electron chi connectivity index (χ0n) is 25.2. The van der Waals surface area contributed by atoms with Crippen molar-refractivity contribution in [3.8, 4) is 0 Å². The molecule has 42 heavy (non-hydrogen) atoms. The minimum Gasteiger partial charge on any atom is -0.478 e. The van der Waals surface area contributed by atoms with Crippen LogP contribution in [0.5, 0.6) is 0 Å². The second kappa shape index (κ2) is 12.9. The van der Waals surface area contributed by atoms with E-state index in [-0.39, 0.29) is 17.5 Å². The summed E-state index contributed by atoms with van der Waals surface area (Å²) in [6, 6.07) is 22.1. The van der Waals surface area contributed by atoms with Crippen LogP contribution in [0.4, 0.5) is 0 Å². The van der Waals surface area contributed by atoms with E-state index in [1.165, 1.54) is 17.7 Å². The largest absolute Gasteiger partial charge is 0.478 e. The van der Waals surface area contributed by atoms with E-state index in [2.05, 4.69) is 81.9 Å². The molecule has 5 nitrogen and oxygen atoms in total. The lowest BCUT2D eigenvalue weighted by molar-refractivity contribution is -0.132. The van der Waals surface area contributed by atoms with Crippen molar-refractivity contribution in [1.29, 1.82) is 0 Å². The third-order valence-electron chi connectivity index (χ3n) is 8.08. The maximum Gasteiger partial charge on any atom is 0.336 e. The smallest absolute Gasteiger partial charge is 0.336 e. The van der Waals surface area contributed by atoms with Crippen LogP contribution in [0.15, 0.2) is 97.6 Å². The molecule has 1 heterocycles. The molecule has 1 aromatic heterocycles. The van der Waals surface area contributed by atoms with E-state index in [1.807, 2.05) is 42.5 Å². The average Bonchev–Trinajstić information content (AvgIpc) is 3.22. The van der Waals surface area contributed by atoms with E-state index in [0.29, 0.717) is 23.6 Å². The molecule has 0 aliphatic heterocycles. The molecule has 0 aliphatic rings. The third-order valence-corrected chi connectivity index (χ3v) is 8.08. The van der Waals surface area contributed by atoms with Crippen LogP contribution in [0.2, 0.25) is 0 Å². The van der Waals surface area contributed by atoms with Gasteiger partial charge in [0.1, 0.15) is 0 Å². The van der Waals surface area contributed by atoms with Crippen LogP contribution in [-0.2, 0) is 11.3 Å². The molecule has 1 amide bonds. The number of carboxylic acids is 1. The van der Waals surface area contributed by atoms with Gasteiger partial charge in [0.15, 0.2) is 0 Å². The molecule has 4 aromatic rings. The Morgan fingerprint density at radius 1 is 0.976 bits per heavy atom. The molecule has 0 aliphatic carbocycles. The summed E-state index contributed by atoms with van der Waals surface area (Å²) in [6.45, 7) is 18.9. The Bertz CT molecular complexity index is 1690. The van der Waals surface area contributed by atoms with Crippen LogP contribution < -0.4 is 5.32 Å². The first kappa shape index (κ1) is 30.3. The molecule has 5 heteroatoms. The van der Waals surface area contributed by atoms with Crippen molar-refractivity contribution in [3.63, 3.8) is 0 Å². The summed E-state index contributed by atoms with van der Waals surface area (Å²) in [6.07, 6.45) is 3.71. The van der Waals surface area contributed by atoms with Crippen LogP contribution in [0.1, 0.15) is 83.0 Å². The molecule has 1 unspecified atom stereocenters. The van der Waals surface area contributed by atoms with Crippen molar-refractivity contribution in [2.45, 2.75) is 59.5 Å². The van der Waals surface area contributed by atoms with Gasteiger partial charge in [0.25, 0.3) is 5.91 Å². The van der Waals surface area contributed by atoms with Crippen LogP contribution in [0.3, 0.4) is 0 Å². The average molecular weight is 561 g/mol. The summed E-state index contributed by atoms with van der Waals surface area (Å²) >= 11 is 0. The normalized spacial score (nSPS) is 12.4. The molecule has 0 fully saturated rings. The van der Waals surface area contributed by atoms with E-state index in [1.54, 1.807) is 0 Å². The van der Waals surface area contributed by atoms with Crippen molar-refractivity contribution < 1.29 is 14.7 Å². The number of carbonyl (C=O) groups excluding carboxylic acids is 1. The van der Waals surface area contributed by atoms with Gasteiger partial charge in [-0.1, -0.05) is 88.5 Å². The highest BCUT2D eigenvalue weighted by atomic mass is 16.4. The molecule has 0 spiro atoms. The summed E-state index contributed by atoms with van der Waals surface area (Å²) < 4.78 is 2.25. The lowest BCUT2D eigenvalue weighted by Crippen LogP contribution is -2.28. The number of allylic oxidation sites excluding steroid dienone is 2. The van der Waals surface area contributed by atoms with Gasteiger partial charge in [-0.3, -0.25) is 4.79 Å². The maximum atomic E-state index is 13.4. The predicted octanol–water partition coefficient (Wildman–Crippen LogP) is 8.52. The second-order valence-electron chi connectivity index (χ2n) is 11.1. The van der Waals surface area contributed by atoms with Gasteiger partial charge in [0.2, 0.25) is 0 Å². The fraction of sp³-hybridized carbons (Fsp3) is 0.243. The van der Waals surface area contributed by atoms with Crippen LogP contribution >= 0.6 is 0 Å². The molecule has 2 N–H and O–H groups in total. The summed E-state index contributed by atoms with van der Waals surface area (Å²) in [5.41, 5.74) is 8.76. The molecule has 4 rings (SSSR count). The van der Waals surface area contributed by atoms with Crippen LogP contribution in [0.25, 0.3) is 16.5 Å². The number of carboxylic acid groups (broad SMARTS) is 1. The number of aromatic nitrogens is 1.